The molecule has 0 bridgehead atoms. The molecule has 35 heavy (non-hydrogen) atoms. The lowest BCUT2D eigenvalue weighted by Gasteiger charge is -2.19. The molecule has 0 spiro atoms. The van der Waals surface area contributed by atoms with Crippen molar-refractivity contribution in [3.63, 3.8) is 0 Å². The van der Waals surface area contributed by atoms with Crippen molar-refractivity contribution in [2.75, 3.05) is 7.11 Å². The number of methoxy groups -OCH3 is 1. The third-order valence-electron chi connectivity index (χ3n) is 6.13. The molecular weight excluding hydrogens is 461 g/mol. The first kappa shape index (κ1) is 23.3. The number of nitrogens with zero attached hydrogens (tertiary/aromatic N) is 4. The molecule has 2 aromatic heterocycles. The van der Waals surface area contributed by atoms with Gasteiger partial charge in [-0.3, -0.25) is 0 Å². The molecule has 1 N–H and O–H groups in total. The summed E-state index contributed by atoms with van der Waals surface area (Å²) in [7, 11) is 1.55. The standard InChI is InChI=1S/C25H23F3N4O3/c1-25(2,33)23-29-11-13(12-30-23)15-8-19-17(9-16(15)26)31-22-21(34-3)10-18(32(19)22)14-6-4-5-7-20(14)35-24(27)28/h4-9,11-12,18,21,24,33H,10H2,1-3H3/t18-,21-/m1/s1. The molecule has 0 saturated heterocycles. The average molecular weight is 484 g/mol. The molecule has 7 nitrogen and oxygen atoms in total. The van der Waals surface area contributed by atoms with Gasteiger partial charge in [-0.25, -0.2) is 19.3 Å². The molecule has 2 aromatic carbocycles. The van der Waals surface area contributed by atoms with E-state index in [2.05, 4.69) is 15.0 Å². The maximum absolute atomic E-state index is 15.1. The van der Waals surface area contributed by atoms with E-state index in [-0.39, 0.29) is 17.1 Å². The van der Waals surface area contributed by atoms with Crippen molar-refractivity contribution >= 4 is 11.0 Å². The summed E-state index contributed by atoms with van der Waals surface area (Å²) in [6.07, 6.45) is 2.95. The van der Waals surface area contributed by atoms with Crippen LogP contribution < -0.4 is 4.74 Å². The molecule has 1 aliphatic heterocycles. The third-order valence-corrected chi connectivity index (χ3v) is 6.13. The van der Waals surface area contributed by atoms with Crippen LogP contribution >= 0.6 is 0 Å². The summed E-state index contributed by atoms with van der Waals surface area (Å²) in [6, 6.07) is 9.15. The Morgan fingerprint density at radius 2 is 1.86 bits per heavy atom. The lowest BCUT2D eigenvalue weighted by molar-refractivity contribution is -0.0507. The van der Waals surface area contributed by atoms with Gasteiger partial charge in [-0.05, 0) is 26.0 Å². The van der Waals surface area contributed by atoms with E-state index in [0.717, 1.165) is 0 Å². The molecule has 0 aliphatic carbocycles. The smallest absolute Gasteiger partial charge is 0.387 e. The van der Waals surface area contributed by atoms with Gasteiger partial charge in [-0.1, -0.05) is 18.2 Å². The van der Waals surface area contributed by atoms with Crippen LogP contribution in [0.2, 0.25) is 0 Å². The molecule has 0 fully saturated rings. The zero-order valence-corrected chi connectivity index (χ0v) is 19.2. The van der Waals surface area contributed by atoms with Crippen LogP contribution in [0.15, 0.2) is 48.8 Å². The van der Waals surface area contributed by atoms with Crippen LogP contribution in [0, 0.1) is 5.82 Å². The lowest BCUT2D eigenvalue weighted by Crippen LogP contribution is -2.19. The van der Waals surface area contributed by atoms with E-state index >= 15 is 4.39 Å². The van der Waals surface area contributed by atoms with Crippen LogP contribution in [0.3, 0.4) is 0 Å². The van der Waals surface area contributed by atoms with Gasteiger partial charge in [0, 0.05) is 48.7 Å². The number of alkyl halides is 2. The first-order valence-electron chi connectivity index (χ1n) is 11.0. The third kappa shape index (κ3) is 4.12. The van der Waals surface area contributed by atoms with Crippen molar-refractivity contribution in [3.05, 3.63) is 71.8 Å². The molecule has 0 amide bonds. The van der Waals surface area contributed by atoms with Crippen molar-refractivity contribution in [2.45, 2.75) is 44.6 Å². The van der Waals surface area contributed by atoms with Gasteiger partial charge < -0.3 is 19.1 Å². The number of para-hydroxylation sites is 1. The SMILES string of the molecule is CO[C@@H]1C[C@H](c2ccccc2OC(F)F)n2c1nc1cc(F)c(-c3cnc(C(C)(C)O)nc3)cc12. The summed E-state index contributed by atoms with van der Waals surface area (Å²) in [5.74, 6) is 0.340. The molecule has 10 heteroatoms. The highest BCUT2D eigenvalue weighted by atomic mass is 19.3. The van der Waals surface area contributed by atoms with Gasteiger partial charge in [0.05, 0.1) is 17.1 Å². The second-order valence-corrected chi connectivity index (χ2v) is 8.91. The van der Waals surface area contributed by atoms with Gasteiger partial charge in [0.25, 0.3) is 0 Å². The predicted octanol–water partition coefficient (Wildman–Crippen LogP) is 5.14. The number of imidazole rings is 1. The summed E-state index contributed by atoms with van der Waals surface area (Å²) in [5, 5.41) is 10.1. The molecule has 3 heterocycles. The molecule has 0 saturated carbocycles. The van der Waals surface area contributed by atoms with Crippen molar-refractivity contribution in [1.29, 1.82) is 0 Å². The number of ether oxygens (including phenoxy) is 2. The van der Waals surface area contributed by atoms with Crippen LogP contribution in [-0.4, -0.2) is 38.3 Å². The Morgan fingerprint density at radius 1 is 1.14 bits per heavy atom. The largest absolute Gasteiger partial charge is 0.434 e. The van der Waals surface area contributed by atoms with E-state index in [1.807, 2.05) is 4.57 Å². The molecule has 0 unspecified atom stereocenters. The Morgan fingerprint density at radius 3 is 2.51 bits per heavy atom. The summed E-state index contributed by atoms with van der Waals surface area (Å²) < 4.78 is 53.5. The topological polar surface area (TPSA) is 82.3 Å². The van der Waals surface area contributed by atoms with Crippen molar-refractivity contribution in [2.24, 2.45) is 0 Å². The van der Waals surface area contributed by atoms with Crippen LogP contribution in [0.25, 0.3) is 22.2 Å². The van der Waals surface area contributed by atoms with Gasteiger partial charge in [-0.2, -0.15) is 8.78 Å². The maximum Gasteiger partial charge on any atom is 0.387 e. The van der Waals surface area contributed by atoms with Crippen LogP contribution in [0.1, 0.15) is 49.6 Å². The van der Waals surface area contributed by atoms with Gasteiger partial charge in [0.2, 0.25) is 0 Å². The number of hydrogen-bond donors (Lipinski definition) is 1. The van der Waals surface area contributed by atoms with Gasteiger partial charge in [0.1, 0.15) is 29.1 Å². The molecule has 182 valence electrons. The lowest BCUT2D eigenvalue weighted by atomic mass is 10.0. The van der Waals surface area contributed by atoms with E-state index in [1.165, 1.54) is 24.5 Å². The minimum absolute atomic E-state index is 0.0648. The molecule has 2 atom stereocenters. The molecule has 0 radical (unpaired) electrons. The Labute approximate surface area is 199 Å². The Bertz CT molecular complexity index is 1380. The highest BCUT2D eigenvalue weighted by molar-refractivity contribution is 5.83. The molecular formula is C25H23F3N4O3. The number of benzene rings is 2. The number of rotatable bonds is 6. The zero-order chi connectivity index (χ0) is 24.9. The van der Waals surface area contributed by atoms with Crippen molar-refractivity contribution in [3.8, 4) is 16.9 Å². The van der Waals surface area contributed by atoms with E-state index in [1.54, 1.807) is 45.2 Å². The Hall–Kier alpha value is -3.50. The van der Waals surface area contributed by atoms with E-state index < -0.39 is 30.2 Å². The Balaban J connectivity index is 1.65. The second-order valence-electron chi connectivity index (χ2n) is 8.91. The first-order chi connectivity index (χ1) is 16.7. The summed E-state index contributed by atoms with van der Waals surface area (Å²) >= 11 is 0. The van der Waals surface area contributed by atoms with E-state index in [9.17, 15) is 13.9 Å². The maximum atomic E-state index is 15.1. The summed E-state index contributed by atoms with van der Waals surface area (Å²) in [5.41, 5.74) is 1.01. The van der Waals surface area contributed by atoms with Crippen molar-refractivity contribution in [1.82, 2.24) is 19.5 Å². The minimum Gasteiger partial charge on any atom is -0.434 e. The normalized spacial score (nSPS) is 17.8. The second kappa shape index (κ2) is 8.62. The van der Waals surface area contributed by atoms with Crippen LogP contribution in [0.5, 0.6) is 5.75 Å². The number of fused-ring (bicyclic) bond motifs is 3. The molecule has 5 rings (SSSR count). The van der Waals surface area contributed by atoms with Gasteiger partial charge in [0.15, 0.2) is 5.82 Å². The van der Waals surface area contributed by atoms with E-state index in [0.29, 0.717) is 34.4 Å². The number of aliphatic hydroxyl groups is 1. The van der Waals surface area contributed by atoms with Crippen LogP contribution in [-0.2, 0) is 10.3 Å². The van der Waals surface area contributed by atoms with Crippen molar-refractivity contribution < 1.29 is 27.8 Å². The molecule has 1 aliphatic rings. The predicted molar refractivity (Wildman–Crippen MR) is 122 cm³/mol. The first-order valence-corrected chi connectivity index (χ1v) is 11.0. The van der Waals surface area contributed by atoms with Gasteiger partial charge in [-0.15, -0.1) is 0 Å². The quantitative estimate of drug-likeness (QED) is 0.408. The zero-order valence-electron chi connectivity index (χ0n) is 19.2. The fourth-order valence-corrected chi connectivity index (χ4v) is 4.53. The summed E-state index contributed by atoms with van der Waals surface area (Å²) in [4.78, 5) is 13.0. The molecule has 4 aromatic rings. The number of aromatic nitrogens is 4. The highest BCUT2D eigenvalue weighted by Crippen LogP contribution is 2.46. The summed E-state index contributed by atoms with van der Waals surface area (Å²) in [6.45, 7) is 0.153. The minimum atomic E-state index is -2.97. The fraction of sp³-hybridized carbons (Fsp3) is 0.320. The van der Waals surface area contributed by atoms with E-state index in [4.69, 9.17) is 9.47 Å². The highest BCUT2D eigenvalue weighted by Gasteiger charge is 2.37. The van der Waals surface area contributed by atoms with Crippen LogP contribution in [0.4, 0.5) is 13.2 Å². The number of hydrogen-bond acceptors (Lipinski definition) is 6. The Kier molecular flexibility index (Phi) is 5.72. The van der Waals surface area contributed by atoms with Gasteiger partial charge >= 0.3 is 6.61 Å². The number of halogens is 3. The average Bonchev–Trinajstić information content (AvgIpc) is 3.34. The fourth-order valence-electron chi connectivity index (χ4n) is 4.53. The monoisotopic (exact) mass is 484 g/mol.